The van der Waals surface area contributed by atoms with E-state index in [1.54, 1.807) is 30.1 Å². The van der Waals surface area contributed by atoms with Gasteiger partial charge in [0.15, 0.2) is 6.29 Å². The van der Waals surface area contributed by atoms with Crippen molar-refractivity contribution < 1.29 is 26.3 Å². The number of hydrogen-bond acceptors (Lipinski definition) is 5. The molecule has 1 saturated heterocycles. The van der Waals surface area contributed by atoms with Gasteiger partial charge in [-0.2, -0.15) is 24.6 Å². The number of carbonyl (C=O) groups is 1. The van der Waals surface area contributed by atoms with Gasteiger partial charge in [0.05, 0.1) is 4.90 Å². The molecule has 1 aromatic carbocycles. The Labute approximate surface area is 180 Å². The van der Waals surface area contributed by atoms with Gasteiger partial charge in [-0.15, -0.1) is 0 Å². The van der Waals surface area contributed by atoms with Crippen LogP contribution >= 0.6 is 20.3 Å². The van der Waals surface area contributed by atoms with Crippen LogP contribution in [-0.2, 0) is 24.4 Å². The van der Waals surface area contributed by atoms with E-state index < -0.39 is 33.5 Å². The zero-order chi connectivity index (χ0) is 20.6. The molecule has 154 valence electrons. The summed E-state index contributed by atoms with van der Waals surface area (Å²) in [5.41, 5.74) is 2.72. The Morgan fingerprint density at radius 1 is 1.36 bits per heavy atom. The number of rotatable bonds is 5. The Bertz CT molecular complexity index is 770. The maximum atomic E-state index is 12.5. The molecule has 11 heteroatoms. The summed E-state index contributed by atoms with van der Waals surface area (Å²) in [4.78, 5) is 17.6. The van der Waals surface area contributed by atoms with Crippen LogP contribution in [0.2, 0.25) is 5.79 Å². The zero-order valence-electron chi connectivity index (χ0n) is 15.5. The van der Waals surface area contributed by atoms with Crippen LogP contribution in [0.4, 0.5) is 3.52 Å². The third-order valence-electron chi connectivity index (χ3n) is 3.98. The largest absolute Gasteiger partial charge is 0.594 e. The molecule has 0 saturated carbocycles. The van der Waals surface area contributed by atoms with Crippen molar-refractivity contribution in [1.29, 1.82) is 0 Å². The molecular weight excluding hydrogens is 517 g/mol. The number of carbonyl (C=O) groups excluding carboxylic acids is 1. The van der Waals surface area contributed by atoms with Crippen LogP contribution in [0.5, 0.6) is 0 Å². The third kappa shape index (κ3) is 7.37. The summed E-state index contributed by atoms with van der Waals surface area (Å²) < 4.78 is 42.8. The summed E-state index contributed by atoms with van der Waals surface area (Å²) in [6.45, 7) is 0.810. The molecule has 1 aromatic rings. The van der Waals surface area contributed by atoms with Crippen molar-refractivity contribution in [3.63, 3.8) is 0 Å². The van der Waals surface area contributed by atoms with E-state index in [9.17, 15) is 16.7 Å². The molecule has 1 unspecified atom stereocenters. The van der Waals surface area contributed by atoms with Gasteiger partial charge < -0.3 is 8.26 Å². The van der Waals surface area contributed by atoms with E-state index in [0.717, 1.165) is 19.3 Å². The molecule has 0 aliphatic carbocycles. The van der Waals surface area contributed by atoms with Gasteiger partial charge in [0.1, 0.15) is 0 Å². The third-order valence-corrected chi connectivity index (χ3v) is 5.81. The minimum atomic E-state index is -3.60. The lowest BCUT2D eigenvalue weighted by Gasteiger charge is -2.22. The second kappa shape index (κ2) is 11.6. The van der Waals surface area contributed by atoms with Crippen molar-refractivity contribution in [3.8, 4) is 0 Å². The molecule has 0 bridgehead atoms. The molecule has 3 rings (SSSR count). The molecule has 1 fully saturated rings. The van der Waals surface area contributed by atoms with Gasteiger partial charge in [-0.3, -0.25) is 4.79 Å². The van der Waals surface area contributed by atoms with Gasteiger partial charge in [0.25, 0.3) is 5.91 Å². The van der Waals surface area contributed by atoms with E-state index >= 15 is 0 Å². The van der Waals surface area contributed by atoms with Crippen molar-refractivity contribution >= 4 is 47.5 Å². The number of sulfonamides is 1. The van der Waals surface area contributed by atoms with E-state index in [1.165, 1.54) is 16.4 Å². The second-order valence-electron chi connectivity index (χ2n) is 6.20. The maximum Gasteiger partial charge on any atom is 0.594 e. The lowest BCUT2D eigenvalue weighted by molar-refractivity contribution is -0.198. The van der Waals surface area contributed by atoms with Crippen molar-refractivity contribution in [2.24, 2.45) is 0 Å². The number of benzene rings is 1. The highest BCUT2D eigenvalue weighted by Gasteiger charge is 2.30. The van der Waals surface area contributed by atoms with E-state index in [0.29, 0.717) is 12.2 Å². The predicted octanol–water partition coefficient (Wildman–Crippen LogP) is 2.70. The van der Waals surface area contributed by atoms with Crippen LogP contribution in [0.25, 0.3) is 0 Å². The van der Waals surface area contributed by atoms with Gasteiger partial charge in [-0.1, -0.05) is 30.1 Å². The lowest BCUT2D eigenvalue weighted by Crippen LogP contribution is -2.35. The highest BCUT2D eigenvalue weighted by atomic mass is 127. The van der Waals surface area contributed by atoms with Crippen LogP contribution in [0.3, 0.4) is 0 Å². The Morgan fingerprint density at radius 3 is 2.64 bits per heavy atom. The van der Waals surface area contributed by atoms with Crippen molar-refractivity contribution in [1.82, 2.24) is 9.79 Å². The highest BCUT2D eigenvalue weighted by molar-refractivity contribution is 14.1. The molecule has 2 heterocycles. The summed E-state index contributed by atoms with van der Waals surface area (Å²) >= 11 is 0.147. The second-order valence-corrected chi connectivity index (χ2v) is 14.3. The van der Waals surface area contributed by atoms with Gasteiger partial charge in [0.2, 0.25) is 10.0 Å². The fourth-order valence-electron chi connectivity index (χ4n) is 2.61. The molecule has 0 radical (unpaired) electrons. The number of hydrogen-bond donors (Lipinski definition) is 1. The molecule has 2 aliphatic rings. The minimum Gasteiger partial charge on any atom is -0.401 e. The molecule has 0 spiro atoms. The quantitative estimate of drug-likeness (QED) is 0.353. The number of ether oxygens (including phenoxy) is 1. The van der Waals surface area contributed by atoms with E-state index in [4.69, 9.17) is 9.57 Å². The maximum absolute atomic E-state index is 12.5. The smallest absolute Gasteiger partial charge is 0.401 e. The van der Waals surface area contributed by atoms with Gasteiger partial charge in [-0.05, 0) is 25.0 Å². The predicted molar refractivity (Wildman–Crippen MR) is 113 cm³/mol. The van der Waals surface area contributed by atoms with Gasteiger partial charge >= 0.3 is 11.3 Å². The molecule has 1 N–H and O–H groups in total. The van der Waals surface area contributed by atoms with Crippen LogP contribution in [0.15, 0.2) is 46.9 Å². The first kappa shape index (κ1) is 23.7. The number of nitrogens with one attached hydrogen (secondary N) is 1. The Kier molecular flexibility index (Phi) is 9.82. The number of nitrogens with zero attached hydrogens (tertiary/aromatic N) is 1. The minimum absolute atomic E-state index is 0.0257. The summed E-state index contributed by atoms with van der Waals surface area (Å²) in [7, 11) is -3.60. The molecule has 0 aromatic heterocycles. The Morgan fingerprint density at radius 2 is 2.04 bits per heavy atom. The van der Waals surface area contributed by atoms with Crippen LogP contribution in [0.1, 0.15) is 19.3 Å². The molecule has 1 amide bonds. The monoisotopic (exact) mass is 540 g/mol. The Balaban J connectivity index is 0.000000640. The standard InChI is InChI=1S/C16H20N2O5S.CH3.Al.FH.HI/c19-16(17-23-15-8-4-5-11-22-15)13-9-10-18(12-13)24(20,21)14-6-2-1-3-7-14;;;;/h1-3,6-7,9,15H,4-5,8,10-12H2,(H,17,19);1H3;;2*1H/q;;+2;;/p-2. The van der Waals surface area contributed by atoms with Crippen LogP contribution in [-0.4, -0.2) is 55.9 Å². The number of hydroxylamine groups is 1. The highest BCUT2D eigenvalue weighted by Crippen LogP contribution is 2.21. The lowest BCUT2D eigenvalue weighted by atomic mass is 10.2. The topological polar surface area (TPSA) is 84.9 Å². The molecule has 1 atom stereocenters. The van der Waals surface area contributed by atoms with Gasteiger partial charge in [-0.25, -0.2) is 18.7 Å². The number of halogens is 2. The zero-order valence-corrected chi connectivity index (χ0v) is 19.6. The first-order chi connectivity index (χ1) is 13.3. The summed E-state index contributed by atoms with van der Waals surface area (Å²) in [6.07, 6.45) is 3.88. The summed E-state index contributed by atoms with van der Waals surface area (Å²) in [5.74, 6) is 1.19. The van der Waals surface area contributed by atoms with E-state index in [2.05, 4.69) is 5.48 Å². The first-order valence-electron chi connectivity index (χ1n) is 8.90. The average molecular weight is 540 g/mol. The Hall–Kier alpha value is -0.548. The molecule has 2 aliphatic heterocycles. The van der Waals surface area contributed by atoms with Crippen LogP contribution < -0.4 is 5.48 Å². The van der Waals surface area contributed by atoms with Crippen molar-refractivity contribution in [2.75, 3.05) is 19.7 Å². The van der Waals surface area contributed by atoms with E-state index in [1.807, 2.05) is 20.3 Å². The normalized spacial score (nSPS) is 20.0. The van der Waals surface area contributed by atoms with Gasteiger partial charge in [0, 0.05) is 31.7 Å². The SMILES string of the molecule is O=C(NOC1CCCCO1)C1=CCN(S(=O)(=O)c2ccccc2)C1.[CH3][Al]([F])[I]. The molecular formula is C17H23AlFIN2O5S. The van der Waals surface area contributed by atoms with E-state index in [-0.39, 0.29) is 18.0 Å². The van der Waals surface area contributed by atoms with Crippen molar-refractivity contribution in [3.05, 3.63) is 42.0 Å². The van der Waals surface area contributed by atoms with Crippen LogP contribution in [0, 0.1) is 0 Å². The fraction of sp³-hybridized carbons (Fsp3) is 0.471. The fourth-order valence-corrected chi connectivity index (χ4v) is 3.99. The average Bonchev–Trinajstić information content (AvgIpc) is 3.18. The van der Waals surface area contributed by atoms with Crippen molar-refractivity contribution in [2.45, 2.75) is 36.2 Å². The molecule has 28 heavy (non-hydrogen) atoms. The summed E-state index contributed by atoms with van der Waals surface area (Å²) in [5, 5.41) is 0. The molecule has 7 nitrogen and oxygen atoms in total. The number of amides is 1. The summed E-state index contributed by atoms with van der Waals surface area (Å²) in [6, 6.07) is 8.17. The first-order valence-corrected chi connectivity index (χ1v) is 16.1.